The van der Waals surface area contributed by atoms with Gasteiger partial charge in [0.2, 0.25) is 0 Å². The molecule has 5 heteroatoms. The molecular weight excluding hydrogens is 316 g/mol. The summed E-state index contributed by atoms with van der Waals surface area (Å²) in [6, 6.07) is 7.54. The van der Waals surface area contributed by atoms with E-state index in [1.54, 1.807) is 7.11 Å². The van der Waals surface area contributed by atoms with Crippen molar-refractivity contribution in [3.63, 3.8) is 0 Å². The number of fused-ring (bicyclic) bond motifs is 1. The van der Waals surface area contributed by atoms with Crippen molar-refractivity contribution in [1.29, 1.82) is 0 Å². The molecule has 25 heavy (non-hydrogen) atoms. The number of methoxy groups -OCH3 is 1. The molecule has 0 spiro atoms. The van der Waals surface area contributed by atoms with Crippen LogP contribution in [-0.2, 0) is 4.74 Å². The Bertz CT molecular complexity index is 754. The minimum atomic E-state index is 0.0392. The van der Waals surface area contributed by atoms with E-state index in [1.165, 1.54) is 6.42 Å². The summed E-state index contributed by atoms with van der Waals surface area (Å²) in [5, 5.41) is 0.861. The Kier molecular flexibility index (Phi) is 5.53. The van der Waals surface area contributed by atoms with Gasteiger partial charge in [-0.1, -0.05) is 0 Å². The number of aromatic nitrogens is 1. The number of carbonyl (C=O) groups excluding carboxylic acids is 1. The molecule has 1 aliphatic heterocycles. The third kappa shape index (κ3) is 3.93. The van der Waals surface area contributed by atoms with Crippen molar-refractivity contribution in [3.8, 4) is 5.75 Å². The molecule has 1 amide bonds. The molecule has 2 aromatic rings. The number of carbonyl (C=O) groups is 1. The van der Waals surface area contributed by atoms with Crippen molar-refractivity contribution in [2.75, 3.05) is 26.8 Å². The van der Waals surface area contributed by atoms with Crippen LogP contribution in [0.5, 0.6) is 5.75 Å². The number of nitrogens with zero attached hydrogens (tertiary/aromatic N) is 2. The quantitative estimate of drug-likeness (QED) is 0.833. The van der Waals surface area contributed by atoms with Crippen LogP contribution < -0.4 is 4.74 Å². The molecule has 0 radical (unpaired) electrons. The van der Waals surface area contributed by atoms with Gasteiger partial charge in [-0.05, 0) is 51.3 Å². The van der Waals surface area contributed by atoms with Gasteiger partial charge in [-0.25, -0.2) is 0 Å². The number of benzene rings is 1. The molecule has 2 heterocycles. The molecule has 0 bridgehead atoms. The molecule has 1 aromatic heterocycles. The molecule has 1 unspecified atom stereocenters. The lowest BCUT2D eigenvalue weighted by molar-refractivity contribution is -0.00307. The van der Waals surface area contributed by atoms with Crippen molar-refractivity contribution in [2.24, 2.45) is 0 Å². The molecular formula is C20H26N2O3. The average molecular weight is 342 g/mol. The summed E-state index contributed by atoms with van der Waals surface area (Å²) >= 11 is 0. The molecule has 0 N–H and O–H groups in total. The highest BCUT2D eigenvalue weighted by Gasteiger charge is 2.23. The van der Waals surface area contributed by atoms with Gasteiger partial charge in [-0.15, -0.1) is 0 Å². The molecule has 1 atom stereocenters. The molecule has 1 aliphatic rings. The summed E-state index contributed by atoms with van der Waals surface area (Å²) in [4.78, 5) is 19.6. The van der Waals surface area contributed by atoms with E-state index < -0.39 is 0 Å². The number of pyridine rings is 1. The van der Waals surface area contributed by atoms with E-state index in [2.05, 4.69) is 4.98 Å². The second-order valence-corrected chi connectivity index (χ2v) is 6.53. The van der Waals surface area contributed by atoms with E-state index in [0.717, 1.165) is 41.8 Å². The third-order valence-electron chi connectivity index (χ3n) is 4.74. The van der Waals surface area contributed by atoms with Crippen molar-refractivity contribution in [1.82, 2.24) is 9.88 Å². The van der Waals surface area contributed by atoms with Crippen LogP contribution in [0.1, 0.15) is 42.2 Å². The number of aryl methyl sites for hydroxylation is 1. The maximum atomic E-state index is 13.2. The number of ether oxygens (including phenoxy) is 2. The summed E-state index contributed by atoms with van der Waals surface area (Å²) < 4.78 is 11.1. The maximum absolute atomic E-state index is 13.2. The highest BCUT2D eigenvalue weighted by molar-refractivity contribution is 6.06. The summed E-state index contributed by atoms with van der Waals surface area (Å²) in [6.07, 6.45) is 3.46. The van der Waals surface area contributed by atoms with Crippen molar-refractivity contribution >= 4 is 16.8 Å². The fourth-order valence-corrected chi connectivity index (χ4v) is 3.37. The molecule has 1 aromatic carbocycles. The molecule has 1 fully saturated rings. The van der Waals surface area contributed by atoms with E-state index >= 15 is 0 Å². The van der Waals surface area contributed by atoms with E-state index in [-0.39, 0.29) is 12.0 Å². The fourth-order valence-electron chi connectivity index (χ4n) is 3.37. The highest BCUT2D eigenvalue weighted by atomic mass is 16.5. The van der Waals surface area contributed by atoms with Gasteiger partial charge in [0.05, 0.1) is 24.3 Å². The van der Waals surface area contributed by atoms with Crippen molar-refractivity contribution in [3.05, 3.63) is 35.5 Å². The van der Waals surface area contributed by atoms with E-state index in [0.29, 0.717) is 18.7 Å². The van der Waals surface area contributed by atoms with Gasteiger partial charge in [0.25, 0.3) is 5.91 Å². The Morgan fingerprint density at radius 3 is 2.88 bits per heavy atom. The number of hydrogen-bond donors (Lipinski definition) is 0. The second kappa shape index (κ2) is 7.83. The Morgan fingerprint density at radius 1 is 1.36 bits per heavy atom. The van der Waals surface area contributed by atoms with Crippen LogP contribution >= 0.6 is 0 Å². The fraction of sp³-hybridized carbons (Fsp3) is 0.500. The van der Waals surface area contributed by atoms with E-state index in [4.69, 9.17) is 9.47 Å². The normalized spacial score (nSPS) is 17.5. The first-order valence-corrected chi connectivity index (χ1v) is 8.98. The smallest absolute Gasteiger partial charge is 0.254 e. The van der Waals surface area contributed by atoms with Crippen LogP contribution in [0.25, 0.3) is 10.9 Å². The van der Waals surface area contributed by atoms with E-state index in [9.17, 15) is 4.79 Å². The van der Waals surface area contributed by atoms with Crippen LogP contribution in [0.2, 0.25) is 0 Å². The topological polar surface area (TPSA) is 51.7 Å². The standard InChI is InChI=1S/C20H26N2O3/c1-4-22(13-16-7-5-6-10-25-16)20(23)18-11-14(2)21-19-12-15(24-3)8-9-17(18)19/h8-9,11-12,16H,4-7,10,13H2,1-3H3. The van der Waals surface area contributed by atoms with Crippen LogP contribution in [-0.4, -0.2) is 48.7 Å². The molecule has 0 aliphatic carbocycles. The van der Waals surface area contributed by atoms with Gasteiger partial charge in [0.15, 0.2) is 0 Å². The number of likely N-dealkylation sites (N-methyl/N-ethyl adjacent to an activating group) is 1. The zero-order valence-corrected chi connectivity index (χ0v) is 15.2. The Hall–Kier alpha value is -2.14. The molecule has 3 rings (SSSR count). The van der Waals surface area contributed by atoms with Crippen LogP contribution in [0.3, 0.4) is 0 Å². The minimum absolute atomic E-state index is 0.0392. The zero-order valence-electron chi connectivity index (χ0n) is 15.2. The lowest BCUT2D eigenvalue weighted by Crippen LogP contribution is -2.39. The molecule has 134 valence electrons. The molecule has 0 saturated carbocycles. The minimum Gasteiger partial charge on any atom is -0.497 e. The summed E-state index contributed by atoms with van der Waals surface area (Å²) in [5.74, 6) is 0.782. The maximum Gasteiger partial charge on any atom is 0.254 e. The summed E-state index contributed by atoms with van der Waals surface area (Å²) in [6.45, 7) is 6.04. The lowest BCUT2D eigenvalue weighted by atomic mass is 10.0. The van der Waals surface area contributed by atoms with Gasteiger partial charge in [0.1, 0.15) is 5.75 Å². The first-order valence-electron chi connectivity index (χ1n) is 8.98. The summed E-state index contributed by atoms with van der Waals surface area (Å²) in [5.41, 5.74) is 2.31. The second-order valence-electron chi connectivity index (χ2n) is 6.53. The predicted molar refractivity (Wildman–Crippen MR) is 98.2 cm³/mol. The van der Waals surface area contributed by atoms with Gasteiger partial charge < -0.3 is 14.4 Å². The first kappa shape index (κ1) is 17.7. The van der Waals surface area contributed by atoms with Gasteiger partial charge in [-0.2, -0.15) is 0 Å². The number of rotatable bonds is 5. The summed E-state index contributed by atoms with van der Waals surface area (Å²) in [7, 11) is 1.63. The highest BCUT2D eigenvalue weighted by Crippen LogP contribution is 2.25. The van der Waals surface area contributed by atoms with Crippen molar-refractivity contribution < 1.29 is 14.3 Å². The lowest BCUT2D eigenvalue weighted by Gasteiger charge is -2.29. The average Bonchev–Trinajstić information content (AvgIpc) is 2.65. The molecule has 1 saturated heterocycles. The van der Waals surface area contributed by atoms with Crippen molar-refractivity contribution in [2.45, 2.75) is 39.2 Å². The monoisotopic (exact) mass is 342 g/mol. The SMILES string of the molecule is CCN(CC1CCCCO1)C(=O)c1cc(C)nc2cc(OC)ccc12. The van der Waals surface area contributed by atoms with Crippen LogP contribution in [0, 0.1) is 6.92 Å². The van der Waals surface area contributed by atoms with Crippen LogP contribution in [0.15, 0.2) is 24.3 Å². The van der Waals surface area contributed by atoms with E-state index in [1.807, 2.05) is 43.0 Å². The molecule has 5 nitrogen and oxygen atoms in total. The Balaban J connectivity index is 1.91. The largest absolute Gasteiger partial charge is 0.497 e. The third-order valence-corrected chi connectivity index (χ3v) is 4.74. The van der Waals surface area contributed by atoms with Gasteiger partial charge in [-0.3, -0.25) is 9.78 Å². The predicted octanol–water partition coefficient (Wildman–Crippen LogP) is 3.58. The Morgan fingerprint density at radius 2 is 2.20 bits per heavy atom. The van der Waals surface area contributed by atoms with Gasteiger partial charge in [0, 0.05) is 36.8 Å². The number of amides is 1. The number of hydrogen-bond acceptors (Lipinski definition) is 4. The zero-order chi connectivity index (χ0) is 17.8. The van der Waals surface area contributed by atoms with Gasteiger partial charge >= 0.3 is 0 Å². The van der Waals surface area contributed by atoms with Crippen LogP contribution in [0.4, 0.5) is 0 Å². The first-order chi connectivity index (χ1) is 12.1. The Labute approximate surface area is 148 Å².